The van der Waals surface area contributed by atoms with Crippen LogP contribution in [0.4, 0.5) is 0 Å². The lowest BCUT2D eigenvalue weighted by Gasteiger charge is -2.29. The molecule has 116 valence electrons. The Morgan fingerprint density at radius 1 is 1.08 bits per heavy atom. The van der Waals surface area contributed by atoms with Crippen LogP contribution in [-0.2, 0) is 5.41 Å². The summed E-state index contributed by atoms with van der Waals surface area (Å²) in [6, 6.07) is 18.7. The van der Waals surface area contributed by atoms with Gasteiger partial charge in [0.05, 0.1) is 23.5 Å². The maximum absolute atomic E-state index is 13.1. The zero-order valence-electron chi connectivity index (χ0n) is 13.0. The summed E-state index contributed by atoms with van der Waals surface area (Å²) in [5.41, 5.74) is 0.912. The fourth-order valence-electron chi connectivity index (χ4n) is 4.16. The zero-order chi connectivity index (χ0) is 17.2. The number of aromatic amines is 1. The van der Waals surface area contributed by atoms with E-state index in [1.165, 1.54) is 0 Å². The molecule has 0 bridgehead atoms. The Morgan fingerprint density at radius 3 is 2.60 bits per heavy atom. The van der Waals surface area contributed by atoms with Gasteiger partial charge >= 0.3 is 6.92 Å². The minimum absolute atomic E-state index is 0.219. The number of rotatable bonds is 0. The van der Waals surface area contributed by atoms with E-state index in [-0.39, 0.29) is 5.78 Å². The molecule has 2 aliphatic rings. The van der Waals surface area contributed by atoms with Gasteiger partial charge in [-0.15, -0.1) is 0 Å². The van der Waals surface area contributed by atoms with Gasteiger partial charge in [-0.25, -0.2) is 0 Å². The number of H-pyrrole nitrogens is 1. The van der Waals surface area contributed by atoms with E-state index >= 15 is 0 Å². The van der Waals surface area contributed by atoms with Crippen LogP contribution in [-0.4, -0.2) is 17.7 Å². The average molecular weight is 323 g/mol. The van der Waals surface area contributed by atoms with Gasteiger partial charge < -0.3 is 9.64 Å². The van der Waals surface area contributed by atoms with Crippen LogP contribution in [0.2, 0.25) is 5.82 Å². The molecule has 3 heterocycles. The first kappa shape index (κ1) is 13.9. The van der Waals surface area contributed by atoms with E-state index in [0.717, 1.165) is 10.9 Å². The number of para-hydroxylation sites is 2. The highest BCUT2D eigenvalue weighted by atomic mass is 16.4. The van der Waals surface area contributed by atoms with Crippen molar-refractivity contribution in [2.75, 3.05) is 0 Å². The first-order chi connectivity index (χ1) is 12.2. The Bertz CT molecular complexity index is 1140. The Morgan fingerprint density at radius 2 is 1.80 bits per heavy atom. The lowest BCUT2D eigenvalue weighted by molar-refractivity contribution is 0.0958. The van der Waals surface area contributed by atoms with Crippen molar-refractivity contribution in [3.05, 3.63) is 59.7 Å². The monoisotopic (exact) mass is 323 g/mol. The fraction of sp³-hybridized carbons (Fsp3) is 0.105. The number of nitrogens with zero attached hydrogens (tertiary/aromatic N) is 2. The molecular weight excluding hydrogens is 313 g/mol. The molecule has 5 nitrogen and oxygen atoms in total. The van der Waals surface area contributed by atoms with E-state index in [2.05, 4.69) is 17.1 Å². The Kier molecular flexibility index (Phi) is 2.51. The van der Waals surface area contributed by atoms with Crippen molar-refractivity contribution in [1.82, 2.24) is 4.98 Å². The van der Waals surface area contributed by atoms with Crippen LogP contribution in [0.5, 0.6) is 5.75 Å². The van der Waals surface area contributed by atoms with E-state index in [1.54, 1.807) is 24.3 Å². The minimum Gasteiger partial charge on any atom is -0.553 e. The van der Waals surface area contributed by atoms with Crippen LogP contribution in [0.3, 0.4) is 0 Å². The highest BCUT2D eigenvalue weighted by Gasteiger charge is 2.64. The number of carbonyl (C=O) groups excluding carboxylic acids is 1. The van der Waals surface area contributed by atoms with Gasteiger partial charge in [0, 0.05) is 22.1 Å². The van der Waals surface area contributed by atoms with E-state index < -0.39 is 18.1 Å². The van der Waals surface area contributed by atoms with E-state index in [1.807, 2.05) is 24.3 Å². The van der Waals surface area contributed by atoms with Crippen molar-refractivity contribution in [2.45, 2.75) is 11.2 Å². The van der Waals surface area contributed by atoms with E-state index in [9.17, 15) is 15.3 Å². The number of nitrogens with one attached hydrogen (secondary N) is 1. The zero-order valence-corrected chi connectivity index (χ0v) is 13.0. The van der Waals surface area contributed by atoms with Gasteiger partial charge in [0.25, 0.3) is 0 Å². The number of Topliss-reactive ketones (excluding diaryl/α,β-unsaturated/α-hetero) is 1. The molecule has 2 aliphatic heterocycles. The molecule has 5 rings (SSSR count). The summed E-state index contributed by atoms with van der Waals surface area (Å²) in [7, 11) is 0. The van der Waals surface area contributed by atoms with Crippen molar-refractivity contribution < 1.29 is 9.45 Å². The predicted molar refractivity (Wildman–Crippen MR) is 91.7 cm³/mol. The first-order valence-corrected chi connectivity index (χ1v) is 7.95. The highest BCUT2D eigenvalue weighted by Crippen LogP contribution is 2.50. The summed E-state index contributed by atoms with van der Waals surface area (Å²) >= 11 is 0. The van der Waals surface area contributed by atoms with Crippen LogP contribution < -0.4 is 10.2 Å². The molecule has 2 aromatic carbocycles. The third-order valence-electron chi connectivity index (χ3n) is 5.22. The highest BCUT2D eigenvalue weighted by molar-refractivity contribution is 6.76. The Balaban J connectivity index is 1.86. The van der Waals surface area contributed by atoms with Crippen molar-refractivity contribution in [3.63, 3.8) is 0 Å². The summed E-state index contributed by atoms with van der Waals surface area (Å²) in [5, 5.41) is 20.7. The third kappa shape index (κ3) is 1.49. The largest absolute Gasteiger partial charge is 0.553 e. The van der Waals surface area contributed by atoms with Gasteiger partial charge in [-0.05, 0) is 18.2 Å². The first-order valence-electron chi connectivity index (χ1n) is 7.95. The quantitative estimate of drug-likeness (QED) is 0.643. The van der Waals surface area contributed by atoms with Crippen molar-refractivity contribution >= 4 is 29.2 Å². The smallest absolute Gasteiger partial charge is 0.422 e. The fourth-order valence-corrected chi connectivity index (χ4v) is 4.16. The molecule has 6 heteroatoms. The van der Waals surface area contributed by atoms with Gasteiger partial charge in [-0.2, -0.15) is 10.5 Å². The second-order valence-electron chi connectivity index (χ2n) is 6.37. The normalized spacial score (nSPS) is 19.4. The molecule has 25 heavy (non-hydrogen) atoms. The number of nitriles is 2. The molecule has 0 radical (unpaired) electrons. The number of carbonyl (C=O) groups is 1. The molecule has 0 saturated heterocycles. The summed E-state index contributed by atoms with van der Waals surface area (Å²) in [5.74, 6) is -0.600. The van der Waals surface area contributed by atoms with Crippen molar-refractivity contribution in [2.24, 2.45) is 0 Å². The lowest BCUT2D eigenvalue weighted by atomic mass is 9.49. The summed E-state index contributed by atoms with van der Waals surface area (Å²) in [4.78, 5) is 16.4. The maximum Gasteiger partial charge on any atom is 0.422 e. The molecule has 1 N–H and O–H groups in total. The van der Waals surface area contributed by atoms with Gasteiger partial charge in [0.2, 0.25) is 0 Å². The van der Waals surface area contributed by atoms with Crippen LogP contribution >= 0.6 is 0 Å². The predicted octanol–water partition coefficient (Wildman–Crippen LogP) is 2.31. The van der Waals surface area contributed by atoms with E-state index in [4.69, 9.17) is 4.65 Å². The van der Waals surface area contributed by atoms with Crippen LogP contribution in [0.1, 0.15) is 15.9 Å². The number of ketones is 1. The standard InChI is InChI=1S/C19H10BN3O2/c21-9-19(10-22)15-11-5-1-3-7-13(11)23-18(15)20-17(19)16(24)12-6-2-4-8-14(12)25-20/h1-8,17,23H. The number of benzene rings is 2. The number of fused-ring (bicyclic) bond motifs is 6. The van der Waals surface area contributed by atoms with Crippen molar-refractivity contribution in [3.8, 4) is 17.9 Å². The lowest BCUT2D eigenvalue weighted by Crippen LogP contribution is -2.47. The molecule has 0 aliphatic carbocycles. The molecule has 3 aromatic rings. The van der Waals surface area contributed by atoms with E-state index in [0.29, 0.717) is 22.5 Å². The summed E-state index contributed by atoms with van der Waals surface area (Å²) in [6.07, 6.45) is 0. The van der Waals surface area contributed by atoms with Gasteiger partial charge in [-0.3, -0.25) is 4.79 Å². The van der Waals surface area contributed by atoms with Crippen LogP contribution in [0.15, 0.2) is 48.5 Å². The van der Waals surface area contributed by atoms with Gasteiger partial charge in [-0.1, -0.05) is 30.3 Å². The second-order valence-corrected chi connectivity index (χ2v) is 6.37. The Hall–Kier alpha value is -3.51. The minimum atomic E-state index is -1.57. The topological polar surface area (TPSA) is 89.7 Å². The second kappa shape index (κ2) is 4.52. The SMILES string of the molecule is N#CC1(C#N)c2c([nH]c3ccccc23)B2Oc3ccccc3C(=O)C21. The number of hydrogen-bond donors (Lipinski definition) is 1. The van der Waals surface area contributed by atoms with Gasteiger partial charge in [0.1, 0.15) is 5.75 Å². The summed E-state index contributed by atoms with van der Waals surface area (Å²) in [6.45, 7) is -0.663. The maximum atomic E-state index is 13.1. The molecule has 1 atom stereocenters. The average Bonchev–Trinajstić information content (AvgIpc) is 3.16. The number of hydrogen-bond acceptors (Lipinski definition) is 4. The third-order valence-corrected chi connectivity index (χ3v) is 5.22. The number of aromatic nitrogens is 1. The Labute approximate surface area is 143 Å². The van der Waals surface area contributed by atoms with Crippen molar-refractivity contribution in [1.29, 1.82) is 10.5 Å². The molecule has 0 spiro atoms. The molecule has 0 amide bonds. The molecule has 1 aromatic heterocycles. The molecular formula is C19H10BN3O2. The summed E-state index contributed by atoms with van der Waals surface area (Å²) < 4.78 is 6.09. The van der Waals surface area contributed by atoms with Gasteiger partial charge in [0.15, 0.2) is 11.2 Å². The molecule has 0 saturated carbocycles. The van der Waals surface area contributed by atoms with Crippen LogP contribution in [0, 0.1) is 22.7 Å². The molecule has 1 unspecified atom stereocenters. The molecule has 0 fully saturated rings. The van der Waals surface area contributed by atoms with Crippen LogP contribution in [0.25, 0.3) is 10.9 Å².